The topological polar surface area (TPSA) is 349 Å². The minimum Gasteiger partial charge on any atom is -0.463 e. The molecule has 33 nitrogen and oxygen atoms in total. The monoisotopic (exact) mass is 1560 g/mol. The van der Waals surface area contributed by atoms with E-state index in [-0.39, 0.29) is 44.9 Å². The summed E-state index contributed by atoms with van der Waals surface area (Å²) >= 11 is 1.50. The van der Waals surface area contributed by atoms with Gasteiger partial charge in [0.15, 0.2) is 0 Å². The molecule has 0 spiro atoms. The van der Waals surface area contributed by atoms with E-state index in [1.165, 1.54) is 26.0 Å². The van der Waals surface area contributed by atoms with Crippen LogP contribution in [0.4, 0.5) is 0 Å². The molecule has 0 saturated carbocycles. The maximum absolute atomic E-state index is 13.7. The molecule has 1 saturated heterocycles. The number of nitrogens with two attached hydrogens (primary N) is 1. The molecule has 1 aliphatic heterocycles. The van der Waals surface area contributed by atoms with Gasteiger partial charge < -0.3 is 134 Å². The van der Waals surface area contributed by atoms with Crippen molar-refractivity contribution < 1.29 is 133 Å². The van der Waals surface area contributed by atoms with Crippen molar-refractivity contribution >= 4 is 35.5 Å². The number of rotatable bonds is 77. The first-order chi connectivity index (χ1) is 52.3. The Hall–Kier alpha value is -4.23. The van der Waals surface area contributed by atoms with Gasteiger partial charge in [-0.3, -0.25) is 19.2 Å². The van der Waals surface area contributed by atoms with Crippen LogP contribution in [-0.2, 0) is 128 Å². The lowest BCUT2D eigenvalue weighted by atomic mass is 9.86. The summed E-state index contributed by atoms with van der Waals surface area (Å²) in [4.78, 5) is 62.5. The number of benzene rings is 1. The Morgan fingerprint density at radius 3 is 1.10 bits per heavy atom. The minimum atomic E-state index is -0.900. The summed E-state index contributed by atoms with van der Waals surface area (Å²) in [6.07, 6.45) is -1.37. The number of hydrogen-bond acceptors (Lipinski definition) is 31. The molecule has 3 rings (SSSR count). The van der Waals surface area contributed by atoms with Crippen molar-refractivity contribution in [3.8, 4) is 10.4 Å². The lowest BCUT2D eigenvalue weighted by Crippen LogP contribution is -2.56. The zero-order valence-electron chi connectivity index (χ0n) is 64.7. The standard InChI is InChI=1S/C73H129N5O28S/c1-62-70(107-60-75-62)64-9-7-63(8-10-64)66(78(61-79)67-57-65(80)58-77(67)72(83)71(74)73(2,3)4)59-106-69(82)12-11-68(81)76(5)13-14-85-17-18-87-21-22-89-25-26-91-29-30-93-33-34-95-37-38-97-41-42-99-45-46-101-49-50-103-53-54-105-56-55-104-52-51-102-48-47-100-44-43-98-40-39-96-36-35-94-32-31-92-28-27-90-24-23-88-20-19-86-16-15-84-6/h7-10,60-61,65-67,71,80H,11-59,74H2,1-6H3/t65-,66+,67-,71-/m1/s1. The first-order valence-corrected chi connectivity index (χ1v) is 38.1. The Kier molecular flexibility index (Phi) is 61.1. The van der Waals surface area contributed by atoms with Crippen LogP contribution in [0.25, 0.3) is 10.4 Å². The van der Waals surface area contributed by atoms with Crippen molar-refractivity contribution in [2.24, 2.45) is 11.1 Å². The summed E-state index contributed by atoms with van der Waals surface area (Å²) in [6.45, 7) is 27.4. The largest absolute Gasteiger partial charge is 0.463 e. The predicted octanol–water partition coefficient (Wildman–Crippen LogP) is 2.69. The quantitative estimate of drug-likeness (QED) is 0.0546. The number of esters is 1. The molecular weight excluding hydrogens is 1430 g/mol. The highest BCUT2D eigenvalue weighted by Crippen LogP contribution is 2.34. The van der Waals surface area contributed by atoms with Crippen LogP contribution >= 0.6 is 11.3 Å². The average molecular weight is 1560 g/mol. The number of aliphatic hydroxyl groups excluding tert-OH is 1. The zero-order valence-corrected chi connectivity index (χ0v) is 65.5. The summed E-state index contributed by atoms with van der Waals surface area (Å²) < 4.78 is 127. The van der Waals surface area contributed by atoms with Gasteiger partial charge in [-0.25, -0.2) is 4.98 Å². The summed E-state index contributed by atoms with van der Waals surface area (Å²) in [5.74, 6) is -1.31. The molecule has 0 bridgehead atoms. The van der Waals surface area contributed by atoms with Gasteiger partial charge in [-0.1, -0.05) is 45.0 Å². The van der Waals surface area contributed by atoms with E-state index in [0.29, 0.717) is 296 Å². The van der Waals surface area contributed by atoms with Crippen LogP contribution < -0.4 is 5.73 Å². The number of carbonyl (C=O) groups is 4. The van der Waals surface area contributed by atoms with Gasteiger partial charge in [0.1, 0.15) is 12.8 Å². The number of thiazole rings is 1. The third-order valence-electron chi connectivity index (χ3n) is 15.7. The van der Waals surface area contributed by atoms with E-state index in [1.807, 2.05) is 52.0 Å². The predicted molar refractivity (Wildman–Crippen MR) is 393 cm³/mol. The number of likely N-dealkylation sites (tertiary alicyclic amines) is 1. The zero-order chi connectivity index (χ0) is 77.2. The molecule has 4 atom stereocenters. The van der Waals surface area contributed by atoms with E-state index in [2.05, 4.69) is 4.98 Å². The van der Waals surface area contributed by atoms with Crippen LogP contribution in [-0.4, -0.2) is 385 Å². The number of aliphatic hydroxyl groups is 1. The Bertz CT molecular complexity index is 2410. The second kappa shape index (κ2) is 67.5. The molecule has 1 aromatic heterocycles. The summed E-state index contributed by atoms with van der Waals surface area (Å²) in [7, 11) is 3.27. The van der Waals surface area contributed by atoms with Gasteiger partial charge in [0.2, 0.25) is 18.2 Å². The second-order valence-corrected chi connectivity index (χ2v) is 25.9. The molecule has 0 radical (unpaired) electrons. The fraction of sp³-hybridized carbons (Fsp3) is 0.822. The van der Waals surface area contributed by atoms with Crippen molar-refractivity contribution in [3.05, 3.63) is 41.0 Å². The molecule has 1 fully saturated rings. The van der Waals surface area contributed by atoms with E-state index in [1.54, 1.807) is 19.7 Å². The van der Waals surface area contributed by atoms with Crippen LogP contribution in [0.3, 0.4) is 0 Å². The molecule has 0 aliphatic carbocycles. The van der Waals surface area contributed by atoms with Crippen molar-refractivity contribution in [2.75, 3.05) is 318 Å². The van der Waals surface area contributed by atoms with Crippen LogP contribution in [0, 0.1) is 12.3 Å². The number of amides is 3. The Balaban J connectivity index is 0.977. The lowest BCUT2D eigenvalue weighted by molar-refractivity contribution is -0.152. The minimum absolute atomic E-state index is 0.00978. The second-order valence-electron chi connectivity index (χ2n) is 25.0. The fourth-order valence-corrected chi connectivity index (χ4v) is 10.4. The van der Waals surface area contributed by atoms with Gasteiger partial charge in [-0.05, 0) is 23.5 Å². The highest BCUT2D eigenvalue weighted by Gasteiger charge is 2.44. The van der Waals surface area contributed by atoms with Gasteiger partial charge in [-0.15, -0.1) is 11.3 Å². The van der Waals surface area contributed by atoms with Crippen molar-refractivity contribution in [1.82, 2.24) is 19.7 Å². The number of ether oxygens (including phenoxy) is 23. The van der Waals surface area contributed by atoms with E-state index in [9.17, 15) is 24.3 Å². The number of aryl methyl sites for hydroxylation is 1. The maximum atomic E-state index is 13.7. The number of hydrogen-bond donors (Lipinski definition) is 2. The SMILES string of the molecule is COCCOCCOCCOCCOCCOCCOCCOCCOCCOCCOCCOCCOCCOCCOCCOCCOCCOCCOCCOCCOCCOCCN(C)C(=O)CCC(=O)OC[C@@H](c1ccc(-c2scnc2C)cc1)N(C=O)[C@@H]1C[C@@H](O)CN1C(=O)[C@@H](N)C(C)(C)C. The van der Waals surface area contributed by atoms with Crippen LogP contribution in [0.1, 0.15) is 57.3 Å². The number of methoxy groups -OCH3 is 1. The van der Waals surface area contributed by atoms with Gasteiger partial charge in [0, 0.05) is 40.1 Å². The van der Waals surface area contributed by atoms with E-state index in [4.69, 9.17) is 115 Å². The van der Waals surface area contributed by atoms with Gasteiger partial charge in [-0.2, -0.15) is 0 Å². The summed E-state index contributed by atoms with van der Waals surface area (Å²) in [5.41, 5.74) is 10.0. The molecule has 2 heterocycles. The normalized spacial score (nSPS) is 14.5. The Morgan fingerprint density at radius 2 is 0.822 bits per heavy atom. The number of nitrogens with zero attached hydrogens (tertiary/aromatic N) is 4. The molecule has 34 heteroatoms. The number of aromatic nitrogens is 1. The highest BCUT2D eigenvalue weighted by atomic mass is 32.1. The number of likely N-dealkylation sites (N-methyl/N-ethyl adjacent to an activating group) is 1. The molecule has 3 N–H and O–H groups in total. The number of β-amino-alcohol motifs (C(OH)–C–C–N with tert-alkyl or cyclic N) is 1. The Labute approximate surface area is 637 Å². The van der Waals surface area contributed by atoms with Crippen LogP contribution in [0.2, 0.25) is 0 Å². The van der Waals surface area contributed by atoms with Gasteiger partial charge in [0.05, 0.1) is 325 Å². The maximum Gasteiger partial charge on any atom is 0.306 e. The third kappa shape index (κ3) is 51.1. The fourth-order valence-electron chi connectivity index (χ4n) is 9.62. The molecule has 2 aromatic rings. The third-order valence-corrected chi connectivity index (χ3v) is 16.7. The number of carbonyl (C=O) groups excluding carboxylic acids is 4. The molecule has 3 amide bonds. The molecule has 107 heavy (non-hydrogen) atoms. The van der Waals surface area contributed by atoms with E-state index in [0.717, 1.165) is 16.1 Å². The molecule has 1 aliphatic rings. The molecule has 620 valence electrons. The van der Waals surface area contributed by atoms with Crippen molar-refractivity contribution in [1.29, 1.82) is 0 Å². The lowest BCUT2D eigenvalue weighted by Gasteiger charge is -2.40. The highest BCUT2D eigenvalue weighted by molar-refractivity contribution is 7.13. The molecular formula is C73H129N5O28S. The summed E-state index contributed by atoms with van der Waals surface area (Å²) in [5, 5.41) is 10.8. The summed E-state index contributed by atoms with van der Waals surface area (Å²) in [6, 6.07) is 5.74. The first kappa shape index (κ1) is 97.0. The van der Waals surface area contributed by atoms with E-state index >= 15 is 0 Å². The van der Waals surface area contributed by atoms with Crippen LogP contribution in [0.15, 0.2) is 29.8 Å². The molecule has 0 unspecified atom stereocenters. The van der Waals surface area contributed by atoms with Crippen molar-refractivity contribution in [3.63, 3.8) is 0 Å². The van der Waals surface area contributed by atoms with Crippen molar-refractivity contribution in [2.45, 2.75) is 71.3 Å². The average Bonchev–Trinajstić information content (AvgIpc) is 1.67. The van der Waals surface area contributed by atoms with Crippen LogP contribution in [0.5, 0.6) is 0 Å². The first-order valence-electron chi connectivity index (χ1n) is 37.3. The Morgan fingerprint density at radius 1 is 0.514 bits per heavy atom. The molecule has 1 aromatic carbocycles. The smallest absolute Gasteiger partial charge is 0.306 e. The van der Waals surface area contributed by atoms with Gasteiger partial charge in [0.25, 0.3) is 0 Å². The van der Waals surface area contributed by atoms with E-state index < -0.39 is 41.6 Å². The van der Waals surface area contributed by atoms with Gasteiger partial charge >= 0.3 is 5.97 Å².